The number of carbonyl (C=O) groups is 2. The standard InChI is InChI=1S/C16H24N2O3/c1-11(2)8-14(16(20)21)18-15(19)10-13(17)9-12-6-4-3-5-7-12/h3-7,11,13-14H,8-10,17H2,1-2H3,(H,18,19)(H,20,21)/t13-,14+/m1/s1. The Kier molecular flexibility index (Phi) is 6.88. The van der Waals surface area contributed by atoms with Gasteiger partial charge in [0.1, 0.15) is 6.04 Å². The van der Waals surface area contributed by atoms with Gasteiger partial charge in [0.25, 0.3) is 0 Å². The van der Waals surface area contributed by atoms with Gasteiger partial charge in [-0.2, -0.15) is 0 Å². The molecule has 1 rings (SSSR count). The second-order valence-electron chi connectivity index (χ2n) is 5.74. The average Bonchev–Trinajstić information content (AvgIpc) is 2.38. The van der Waals surface area contributed by atoms with Gasteiger partial charge in [0, 0.05) is 12.5 Å². The van der Waals surface area contributed by atoms with Crippen molar-refractivity contribution in [3.05, 3.63) is 35.9 Å². The third kappa shape index (κ3) is 6.90. The molecule has 0 bridgehead atoms. The molecule has 0 aliphatic carbocycles. The highest BCUT2D eigenvalue weighted by atomic mass is 16.4. The summed E-state index contributed by atoms with van der Waals surface area (Å²) in [5.74, 6) is -1.12. The zero-order valence-electron chi connectivity index (χ0n) is 12.6. The quantitative estimate of drug-likeness (QED) is 0.678. The third-order valence-electron chi connectivity index (χ3n) is 3.13. The second-order valence-corrected chi connectivity index (χ2v) is 5.74. The summed E-state index contributed by atoms with van der Waals surface area (Å²) in [6.07, 6.45) is 1.13. The van der Waals surface area contributed by atoms with E-state index in [9.17, 15) is 9.59 Å². The second kappa shape index (κ2) is 8.42. The largest absolute Gasteiger partial charge is 0.480 e. The lowest BCUT2D eigenvalue weighted by molar-refractivity contribution is -0.142. The number of amides is 1. The first-order valence-corrected chi connectivity index (χ1v) is 7.20. The molecule has 0 heterocycles. The topological polar surface area (TPSA) is 92.4 Å². The summed E-state index contributed by atoms with van der Waals surface area (Å²) < 4.78 is 0. The lowest BCUT2D eigenvalue weighted by Gasteiger charge is -2.18. The van der Waals surface area contributed by atoms with E-state index in [4.69, 9.17) is 10.8 Å². The summed E-state index contributed by atoms with van der Waals surface area (Å²) >= 11 is 0. The first kappa shape index (κ1) is 17.2. The van der Waals surface area contributed by atoms with E-state index < -0.39 is 12.0 Å². The van der Waals surface area contributed by atoms with Crippen molar-refractivity contribution in [3.8, 4) is 0 Å². The lowest BCUT2D eigenvalue weighted by atomic mass is 10.0. The van der Waals surface area contributed by atoms with Gasteiger partial charge in [0.05, 0.1) is 0 Å². The van der Waals surface area contributed by atoms with E-state index in [1.165, 1.54) is 0 Å². The van der Waals surface area contributed by atoms with Crippen molar-refractivity contribution in [1.82, 2.24) is 5.32 Å². The SMILES string of the molecule is CC(C)C[C@H](NC(=O)C[C@H](N)Cc1ccccc1)C(=O)O. The van der Waals surface area contributed by atoms with Gasteiger partial charge >= 0.3 is 5.97 Å². The molecule has 1 aromatic rings. The zero-order chi connectivity index (χ0) is 15.8. The fourth-order valence-electron chi connectivity index (χ4n) is 2.17. The van der Waals surface area contributed by atoms with Crippen LogP contribution in [0, 0.1) is 5.92 Å². The molecule has 0 aliphatic rings. The Morgan fingerprint density at radius 2 is 1.86 bits per heavy atom. The number of carboxylic acid groups (broad SMARTS) is 1. The number of nitrogens with two attached hydrogens (primary N) is 1. The molecule has 0 saturated carbocycles. The first-order valence-electron chi connectivity index (χ1n) is 7.20. The van der Waals surface area contributed by atoms with E-state index in [-0.39, 0.29) is 24.3 Å². The molecule has 0 fully saturated rings. The smallest absolute Gasteiger partial charge is 0.326 e. The Bertz CT molecular complexity index is 460. The van der Waals surface area contributed by atoms with Crippen molar-refractivity contribution in [3.63, 3.8) is 0 Å². The predicted molar refractivity (Wildman–Crippen MR) is 81.8 cm³/mol. The Morgan fingerprint density at radius 1 is 1.24 bits per heavy atom. The van der Waals surface area contributed by atoms with Crippen molar-refractivity contribution in [2.24, 2.45) is 11.7 Å². The minimum absolute atomic E-state index is 0.122. The number of benzene rings is 1. The van der Waals surface area contributed by atoms with Crippen LogP contribution in [0.1, 0.15) is 32.3 Å². The molecular formula is C16H24N2O3. The van der Waals surface area contributed by atoms with Crippen LogP contribution in [0.3, 0.4) is 0 Å². The number of hydrogen-bond donors (Lipinski definition) is 3. The summed E-state index contributed by atoms with van der Waals surface area (Å²) in [5.41, 5.74) is 7.02. The maximum atomic E-state index is 11.9. The number of carbonyl (C=O) groups excluding carboxylic acids is 1. The molecule has 116 valence electrons. The molecule has 4 N–H and O–H groups in total. The van der Waals surface area contributed by atoms with Gasteiger partial charge in [-0.05, 0) is 24.3 Å². The van der Waals surface area contributed by atoms with Crippen LogP contribution in [0.15, 0.2) is 30.3 Å². The summed E-state index contributed by atoms with van der Waals surface area (Å²) in [6.45, 7) is 3.84. The Morgan fingerprint density at radius 3 is 2.38 bits per heavy atom. The molecule has 2 atom stereocenters. The highest BCUT2D eigenvalue weighted by Crippen LogP contribution is 2.07. The molecule has 0 unspecified atom stereocenters. The fraction of sp³-hybridized carbons (Fsp3) is 0.500. The summed E-state index contributed by atoms with van der Waals surface area (Å²) in [5, 5.41) is 11.6. The van der Waals surface area contributed by atoms with E-state index in [1.807, 2.05) is 44.2 Å². The molecule has 5 heteroatoms. The maximum absolute atomic E-state index is 11.9. The van der Waals surface area contributed by atoms with Crippen LogP contribution >= 0.6 is 0 Å². The Labute approximate surface area is 125 Å². The fourth-order valence-corrected chi connectivity index (χ4v) is 2.17. The molecule has 1 amide bonds. The Balaban J connectivity index is 2.46. The molecule has 21 heavy (non-hydrogen) atoms. The summed E-state index contributed by atoms with van der Waals surface area (Å²) in [4.78, 5) is 23.0. The normalized spacial score (nSPS) is 13.7. The first-order chi connectivity index (χ1) is 9.88. The van der Waals surface area contributed by atoms with Gasteiger partial charge in [-0.1, -0.05) is 44.2 Å². The minimum Gasteiger partial charge on any atom is -0.480 e. The van der Waals surface area contributed by atoms with Crippen molar-refractivity contribution in [2.75, 3.05) is 0 Å². The predicted octanol–water partition coefficient (Wildman–Crippen LogP) is 1.56. The molecule has 0 saturated heterocycles. The lowest BCUT2D eigenvalue weighted by Crippen LogP contribution is -2.43. The van der Waals surface area contributed by atoms with Crippen molar-refractivity contribution < 1.29 is 14.7 Å². The molecule has 0 radical (unpaired) electrons. The number of nitrogens with one attached hydrogen (secondary N) is 1. The van der Waals surface area contributed by atoms with Crippen molar-refractivity contribution in [1.29, 1.82) is 0 Å². The molecule has 0 aliphatic heterocycles. The average molecular weight is 292 g/mol. The van der Waals surface area contributed by atoms with Crippen molar-refractivity contribution in [2.45, 2.75) is 45.2 Å². The highest BCUT2D eigenvalue weighted by molar-refractivity contribution is 5.83. The summed E-state index contributed by atoms with van der Waals surface area (Å²) in [7, 11) is 0. The van der Waals surface area contributed by atoms with E-state index in [0.29, 0.717) is 12.8 Å². The van der Waals surface area contributed by atoms with Gasteiger partial charge in [-0.15, -0.1) is 0 Å². The number of rotatable bonds is 8. The van der Waals surface area contributed by atoms with Crippen LogP contribution in [0.2, 0.25) is 0 Å². The Hall–Kier alpha value is -1.88. The zero-order valence-corrected chi connectivity index (χ0v) is 12.6. The number of carboxylic acids is 1. The van der Waals surface area contributed by atoms with Crippen LogP contribution in [-0.4, -0.2) is 29.1 Å². The number of hydrogen-bond acceptors (Lipinski definition) is 3. The van der Waals surface area contributed by atoms with E-state index in [2.05, 4.69) is 5.32 Å². The number of aliphatic carboxylic acids is 1. The molecule has 5 nitrogen and oxygen atoms in total. The van der Waals surface area contributed by atoms with Gasteiger partial charge in [-0.3, -0.25) is 4.79 Å². The van der Waals surface area contributed by atoms with Gasteiger partial charge in [0.15, 0.2) is 0 Å². The van der Waals surface area contributed by atoms with E-state index in [1.54, 1.807) is 0 Å². The van der Waals surface area contributed by atoms with Crippen LogP contribution in [-0.2, 0) is 16.0 Å². The van der Waals surface area contributed by atoms with E-state index >= 15 is 0 Å². The van der Waals surface area contributed by atoms with Crippen molar-refractivity contribution >= 4 is 11.9 Å². The van der Waals surface area contributed by atoms with Crippen LogP contribution in [0.4, 0.5) is 0 Å². The highest BCUT2D eigenvalue weighted by Gasteiger charge is 2.22. The molecular weight excluding hydrogens is 268 g/mol. The van der Waals surface area contributed by atoms with Gasteiger partial charge in [-0.25, -0.2) is 4.79 Å². The molecule has 0 spiro atoms. The van der Waals surface area contributed by atoms with Gasteiger partial charge < -0.3 is 16.2 Å². The third-order valence-corrected chi connectivity index (χ3v) is 3.13. The van der Waals surface area contributed by atoms with Gasteiger partial charge in [0.2, 0.25) is 5.91 Å². The molecule has 0 aromatic heterocycles. The van der Waals surface area contributed by atoms with Crippen LogP contribution in [0.25, 0.3) is 0 Å². The van der Waals surface area contributed by atoms with Crippen LogP contribution in [0.5, 0.6) is 0 Å². The summed E-state index contributed by atoms with van der Waals surface area (Å²) in [6, 6.07) is 8.51. The monoisotopic (exact) mass is 292 g/mol. The molecule has 1 aromatic carbocycles. The van der Waals surface area contributed by atoms with Crippen LogP contribution < -0.4 is 11.1 Å². The maximum Gasteiger partial charge on any atom is 0.326 e. The minimum atomic E-state index is -1.01. The van der Waals surface area contributed by atoms with E-state index in [0.717, 1.165) is 5.56 Å².